The van der Waals surface area contributed by atoms with Gasteiger partial charge in [-0.15, -0.1) is 0 Å². The maximum atomic E-state index is 13.9. The molecule has 2 aromatic rings. The average Bonchev–Trinajstić information content (AvgIpc) is 2.84. The van der Waals surface area contributed by atoms with Crippen molar-refractivity contribution >= 4 is 23.6 Å². The number of alkyl carbamates (subject to hydrolysis) is 1. The van der Waals surface area contributed by atoms with Gasteiger partial charge in [-0.05, 0) is 75.6 Å². The van der Waals surface area contributed by atoms with Crippen molar-refractivity contribution in [3.05, 3.63) is 54.1 Å². The summed E-state index contributed by atoms with van der Waals surface area (Å²) in [6.45, 7) is 10.9. The summed E-state index contributed by atoms with van der Waals surface area (Å²) in [4.78, 5) is 41.5. The van der Waals surface area contributed by atoms with Gasteiger partial charge < -0.3 is 30.1 Å². The van der Waals surface area contributed by atoms with Gasteiger partial charge in [0.05, 0.1) is 7.11 Å². The van der Waals surface area contributed by atoms with Crippen LogP contribution in [0.5, 0.6) is 11.5 Å². The molecule has 0 heterocycles. The largest absolute Gasteiger partial charge is 0.508 e. The molecule has 0 aliphatic carbocycles. The van der Waals surface area contributed by atoms with Crippen LogP contribution in [-0.4, -0.2) is 53.2 Å². The first-order valence-electron chi connectivity index (χ1n) is 12.4. The van der Waals surface area contributed by atoms with Gasteiger partial charge in [-0.1, -0.05) is 32.4 Å². The Morgan fingerprint density at radius 3 is 2.22 bits per heavy atom. The Morgan fingerprint density at radius 1 is 1.05 bits per heavy atom. The summed E-state index contributed by atoms with van der Waals surface area (Å²) >= 11 is 0. The number of nitrogens with zero attached hydrogens (tertiary/aromatic N) is 1. The maximum absolute atomic E-state index is 13.9. The van der Waals surface area contributed by atoms with Crippen molar-refractivity contribution in [1.29, 1.82) is 0 Å². The molecule has 0 spiro atoms. The van der Waals surface area contributed by atoms with Crippen molar-refractivity contribution in [2.45, 2.75) is 65.6 Å². The number of methoxy groups -OCH3 is 1. The Balaban J connectivity index is 2.45. The molecular formula is C28H39N3O6. The van der Waals surface area contributed by atoms with Gasteiger partial charge in [0, 0.05) is 12.2 Å². The summed E-state index contributed by atoms with van der Waals surface area (Å²) < 4.78 is 10.6. The predicted molar refractivity (Wildman–Crippen MR) is 142 cm³/mol. The number of hydrogen-bond donors (Lipinski definition) is 3. The van der Waals surface area contributed by atoms with Crippen LogP contribution in [0.15, 0.2) is 48.5 Å². The summed E-state index contributed by atoms with van der Waals surface area (Å²) in [5.74, 6) is -0.526. The molecule has 9 nitrogen and oxygen atoms in total. The summed E-state index contributed by atoms with van der Waals surface area (Å²) in [5.41, 5.74) is 0.214. The standard InChI is InChI=1S/C28H39N3O6/c1-8-18(3)23(30-27(35)37-28(4,5)6)26(34)31(9-2)24(19-11-10-12-21(32)17-19)25(33)29-20-13-15-22(36-7)16-14-20/h10-18,23-24,32H,8-9H2,1-7H3,(H,29,33)(H,30,35). The molecule has 0 bridgehead atoms. The number of amides is 3. The van der Waals surface area contributed by atoms with Gasteiger partial charge in [0.1, 0.15) is 29.2 Å². The number of anilines is 1. The molecule has 0 fully saturated rings. The van der Waals surface area contributed by atoms with Gasteiger partial charge in [0.15, 0.2) is 0 Å². The van der Waals surface area contributed by atoms with Gasteiger partial charge >= 0.3 is 6.09 Å². The van der Waals surface area contributed by atoms with E-state index in [9.17, 15) is 19.5 Å². The zero-order valence-electron chi connectivity index (χ0n) is 22.7. The lowest BCUT2D eigenvalue weighted by Crippen LogP contribution is -2.54. The third-order valence-corrected chi connectivity index (χ3v) is 5.88. The van der Waals surface area contributed by atoms with Gasteiger partial charge in [-0.2, -0.15) is 0 Å². The van der Waals surface area contributed by atoms with Crippen molar-refractivity contribution in [1.82, 2.24) is 10.2 Å². The first-order chi connectivity index (χ1) is 17.4. The third kappa shape index (κ3) is 8.41. The van der Waals surface area contributed by atoms with E-state index in [1.807, 2.05) is 13.8 Å². The normalized spacial score (nSPS) is 13.6. The fourth-order valence-corrected chi connectivity index (χ4v) is 3.81. The molecule has 0 radical (unpaired) electrons. The van der Waals surface area contributed by atoms with Gasteiger partial charge in [0.25, 0.3) is 5.91 Å². The lowest BCUT2D eigenvalue weighted by Gasteiger charge is -2.35. The van der Waals surface area contributed by atoms with Gasteiger partial charge in [-0.25, -0.2) is 4.79 Å². The molecule has 9 heteroatoms. The minimum atomic E-state index is -1.07. The molecule has 3 unspecified atom stereocenters. The second-order valence-corrected chi connectivity index (χ2v) is 9.85. The minimum Gasteiger partial charge on any atom is -0.508 e. The zero-order valence-corrected chi connectivity index (χ0v) is 22.7. The number of carbonyl (C=O) groups is 3. The number of hydrogen-bond acceptors (Lipinski definition) is 6. The highest BCUT2D eigenvalue weighted by atomic mass is 16.6. The van der Waals surface area contributed by atoms with Crippen molar-refractivity contribution in [3.63, 3.8) is 0 Å². The number of likely N-dealkylation sites (N-methyl/N-ethyl adjacent to an activating group) is 1. The smallest absolute Gasteiger partial charge is 0.408 e. The number of carbonyl (C=O) groups excluding carboxylic acids is 3. The molecule has 2 rings (SSSR count). The van der Waals surface area contributed by atoms with Crippen LogP contribution in [0, 0.1) is 5.92 Å². The van der Waals surface area contributed by atoms with Crippen LogP contribution in [0.2, 0.25) is 0 Å². The van der Waals surface area contributed by atoms with E-state index in [0.29, 0.717) is 23.4 Å². The first-order valence-corrected chi connectivity index (χ1v) is 12.4. The molecular weight excluding hydrogens is 474 g/mol. The maximum Gasteiger partial charge on any atom is 0.408 e. The molecule has 3 amide bonds. The van der Waals surface area contributed by atoms with Crippen LogP contribution < -0.4 is 15.4 Å². The van der Waals surface area contributed by atoms with Crippen LogP contribution in [0.25, 0.3) is 0 Å². The Kier molecular flexibility index (Phi) is 10.3. The van der Waals surface area contributed by atoms with E-state index in [-0.39, 0.29) is 18.2 Å². The SMILES string of the molecule is CCC(C)C(NC(=O)OC(C)(C)C)C(=O)N(CC)C(C(=O)Nc1ccc(OC)cc1)c1cccc(O)c1. The van der Waals surface area contributed by atoms with Crippen LogP contribution in [0.4, 0.5) is 10.5 Å². The van der Waals surface area contributed by atoms with Crippen molar-refractivity contribution in [2.24, 2.45) is 5.92 Å². The van der Waals surface area contributed by atoms with E-state index in [2.05, 4.69) is 10.6 Å². The monoisotopic (exact) mass is 513 g/mol. The number of benzene rings is 2. The van der Waals surface area contributed by atoms with Crippen LogP contribution in [0.3, 0.4) is 0 Å². The molecule has 0 saturated heterocycles. The molecule has 2 aromatic carbocycles. The number of phenols is 1. The molecule has 3 N–H and O–H groups in total. The molecule has 202 valence electrons. The number of ether oxygens (including phenoxy) is 2. The van der Waals surface area contributed by atoms with E-state index in [4.69, 9.17) is 9.47 Å². The molecule has 0 aliphatic rings. The fraction of sp³-hybridized carbons (Fsp3) is 0.464. The molecule has 0 aromatic heterocycles. The zero-order chi connectivity index (χ0) is 27.8. The predicted octanol–water partition coefficient (Wildman–Crippen LogP) is 4.87. The lowest BCUT2D eigenvalue weighted by molar-refractivity contribution is -0.141. The highest BCUT2D eigenvalue weighted by molar-refractivity contribution is 5.99. The Bertz CT molecular complexity index is 1060. The lowest BCUT2D eigenvalue weighted by atomic mass is 9.95. The Morgan fingerprint density at radius 2 is 1.70 bits per heavy atom. The van der Waals surface area contributed by atoms with Crippen molar-refractivity contribution in [2.75, 3.05) is 19.0 Å². The van der Waals surface area contributed by atoms with Crippen molar-refractivity contribution < 1.29 is 29.0 Å². The average molecular weight is 514 g/mol. The Labute approximate surface area is 219 Å². The van der Waals surface area contributed by atoms with Gasteiger partial charge in [0.2, 0.25) is 5.91 Å². The van der Waals surface area contributed by atoms with Crippen LogP contribution in [0.1, 0.15) is 59.6 Å². The van der Waals surface area contributed by atoms with E-state index in [1.54, 1.807) is 71.2 Å². The minimum absolute atomic E-state index is 0.0337. The van der Waals surface area contributed by atoms with Gasteiger partial charge in [-0.3, -0.25) is 9.59 Å². The fourth-order valence-electron chi connectivity index (χ4n) is 3.81. The summed E-state index contributed by atoms with van der Waals surface area (Å²) in [6, 6.07) is 11.1. The molecule has 37 heavy (non-hydrogen) atoms. The second kappa shape index (κ2) is 13.0. The van der Waals surface area contributed by atoms with Crippen LogP contribution >= 0.6 is 0 Å². The van der Waals surface area contributed by atoms with Crippen LogP contribution in [-0.2, 0) is 14.3 Å². The molecule has 0 saturated carbocycles. The van der Waals surface area contributed by atoms with E-state index >= 15 is 0 Å². The third-order valence-electron chi connectivity index (χ3n) is 5.88. The first kappa shape index (κ1) is 29.5. The summed E-state index contributed by atoms with van der Waals surface area (Å²) in [6.07, 6.45) is -0.0997. The number of phenolic OH excluding ortho intramolecular Hbond substituents is 1. The van der Waals surface area contributed by atoms with E-state index in [0.717, 1.165) is 0 Å². The number of aromatic hydroxyl groups is 1. The van der Waals surface area contributed by atoms with Crippen molar-refractivity contribution in [3.8, 4) is 11.5 Å². The van der Waals surface area contributed by atoms with E-state index < -0.39 is 35.6 Å². The molecule has 3 atom stereocenters. The highest BCUT2D eigenvalue weighted by Crippen LogP contribution is 2.28. The molecule has 0 aliphatic heterocycles. The van der Waals surface area contributed by atoms with E-state index in [1.165, 1.54) is 17.0 Å². The quantitative estimate of drug-likeness (QED) is 0.417. The summed E-state index contributed by atoms with van der Waals surface area (Å²) in [5, 5.41) is 15.7. The number of nitrogens with one attached hydrogen (secondary N) is 2. The highest BCUT2D eigenvalue weighted by Gasteiger charge is 2.37. The Hall–Kier alpha value is -3.75. The topological polar surface area (TPSA) is 117 Å². The second-order valence-electron chi connectivity index (χ2n) is 9.85. The number of rotatable bonds is 10. The summed E-state index contributed by atoms with van der Waals surface area (Å²) in [7, 11) is 1.55.